The fourth-order valence-corrected chi connectivity index (χ4v) is 20.8. The summed E-state index contributed by atoms with van der Waals surface area (Å²) in [5.74, 6) is 2.47. The van der Waals surface area contributed by atoms with Gasteiger partial charge >= 0.3 is 0 Å². The van der Waals surface area contributed by atoms with Gasteiger partial charge in [0.1, 0.15) is 6.33 Å². The van der Waals surface area contributed by atoms with Crippen LogP contribution in [0.5, 0.6) is 0 Å². The van der Waals surface area contributed by atoms with Crippen molar-refractivity contribution in [2.45, 2.75) is 47.5 Å². The third kappa shape index (κ3) is 19.4. The maximum atomic E-state index is 7.72. The summed E-state index contributed by atoms with van der Waals surface area (Å²) in [4.78, 5) is 22.6. The van der Waals surface area contributed by atoms with Crippen LogP contribution in [0, 0.1) is 31.4 Å². The second-order valence-electron chi connectivity index (χ2n) is 37.9. The molecule has 0 aliphatic rings. The van der Waals surface area contributed by atoms with E-state index in [4.69, 9.17) is 21.6 Å². The molecule has 0 N–H and O–H groups in total. The van der Waals surface area contributed by atoms with Gasteiger partial charge in [0.25, 0.3) is 0 Å². The van der Waals surface area contributed by atoms with E-state index < -0.39 is 0 Å². The van der Waals surface area contributed by atoms with E-state index in [1.54, 1.807) is 6.33 Å². The van der Waals surface area contributed by atoms with E-state index >= 15 is 0 Å². The Labute approximate surface area is 873 Å². The molecule has 0 spiro atoms. The van der Waals surface area contributed by atoms with Gasteiger partial charge in [-0.25, -0.2) is 14.8 Å². The third-order valence-corrected chi connectivity index (χ3v) is 27.0. The van der Waals surface area contributed by atoms with Crippen LogP contribution in [0.3, 0.4) is 0 Å². The Hall–Kier alpha value is -16.8. The molecule has 26 rings (SSSR count). The summed E-state index contributed by atoms with van der Waals surface area (Å²) in [7, 11) is 3.02. The normalized spacial score (nSPS) is 11.3. The molecule has 1 atom stereocenters. The van der Waals surface area contributed by atoms with E-state index in [-0.39, 0.29) is 20.1 Å². The van der Waals surface area contributed by atoms with Gasteiger partial charge in [-0.2, -0.15) is 5.10 Å². The molecule has 8 aromatic heterocycles. The summed E-state index contributed by atoms with van der Waals surface area (Å²) in [5, 5.41) is 21.8. The fourth-order valence-electron chi connectivity index (χ4n) is 20.8. The number of rotatable bonds is 16. The minimum absolute atomic E-state index is 0. The number of hydrogen-bond acceptors (Lipinski definition) is 6. The van der Waals surface area contributed by atoms with Crippen LogP contribution in [0.4, 0.5) is 5.69 Å². The zero-order valence-corrected chi connectivity index (χ0v) is 87.1. The predicted octanol–water partition coefficient (Wildman–Crippen LogP) is 34.8. The van der Waals surface area contributed by atoms with Gasteiger partial charge in [-0.3, -0.25) is 9.97 Å². The molecule has 18 aromatic carbocycles. The molecule has 147 heavy (non-hydrogen) atoms. The quantitative estimate of drug-likeness (QED) is 0.0542. The molecule has 12 nitrogen and oxygen atoms in total. The van der Waals surface area contributed by atoms with Crippen LogP contribution in [-0.2, 0) is 32.9 Å². The maximum absolute atomic E-state index is 7.72. The third-order valence-electron chi connectivity index (χ3n) is 27.0. The van der Waals surface area contributed by atoms with E-state index in [1.165, 1.54) is 132 Å². The molecule has 0 amide bonds. The number of nitrogens with zero attached hydrogens (tertiary/aromatic N) is 12. The maximum Gasteiger partial charge on any atom is 0.187 e. The Bertz CT molecular complexity index is 8780. The smallest absolute Gasteiger partial charge is 0.187 e. The first-order valence-electron chi connectivity index (χ1n) is 49.6. The summed E-state index contributed by atoms with van der Waals surface area (Å²) in [6, 6.07) is 159. The monoisotopic (exact) mass is 2110 g/mol. The van der Waals surface area contributed by atoms with Crippen LogP contribution in [-0.4, -0.2) is 66.3 Å². The minimum Gasteiger partial charge on any atom is -0.316 e. The van der Waals surface area contributed by atoms with Crippen molar-refractivity contribution in [3.8, 4) is 107 Å². The van der Waals surface area contributed by atoms with Crippen LogP contribution >= 0.6 is 16.5 Å². The average molecular weight is 2110 g/mol. The summed E-state index contributed by atoms with van der Waals surface area (Å²) in [6.45, 7) is 23.1. The Morgan fingerprint density at radius 2 is 0.653 bits per heavy atom. The van der Waals surface area contributed by atoms with Crippen molar-refractivity contribution in [2.75, 3.05) is 13.3 Å². The van der Waals surface area contributed by atoms with Crippen LogP contribution in [0.25, 0.3) is 221 Å². The van der Waals surface area contributed by atoms with Gasteiger partial charge in [-0.1, -0.05) is 326 Å². The zero-order chi connectivity index (χ0) is 99.3. The molecule has 0 aliphatic carbocycles. The van der Waals surface area contributed by atoms with E-state index in [1.807, 2.05) is 73.1 Å². The molecule has 1 unspecified atom stereocenters. The number of benzene rings is 18. The molecule has 713 valence electrons. The SMILES string of the molecule is CP(C)P.[C-]#[N+]c1cc(CC(C)C)c(-n2c(-c3[c-]cccc3)nnc2-c2ccccc2C)c(CC(C)C)c1.[Ir].c1cc(-c2cc(-c3cccc(-n4c5ccccc5c5ccccc54)c3)ncn2)cc(-n2c3ccccc3c3ccccc32)c1.c1ccc(-c2ccnc3c2ccc2c(-c4ccccc4)ccnc23)cc1.c1ccc(-n2c3ccccc3c3cc(-c4ccc5c(c4)c4ccccc4n5-c4ccccc4)ccc32)cc1. The number of aryl methyl sites for hydroxylation is 1. The van der Waals surface area contributed by atoms with Gasteiger partial charge in [0, 0.05) is 131 Å². The molecule has 26 aromatic rings. The largest absolute Gasteiger partial charge is 0.316 e. The molecule has 0 saturated carbocycles. The van der Waals surface area contributed by atoms with Gasteiger partial charge < -0.3 is 22.8 Å². The van der Waals surface area contributed by atoms with Crippen LogP contribution in [0.15, 0.2) is 462 Å². The minimum atomic E-state index is 0. The predicted molar refractivity (Wildman–Crippen MR) is 618 cm³/mol. The molecule has 15 heteroatoms. The van der Waals surface area contributed by atoms with Gasteiger partial charge in [0.15, 0.2) is 11.5 Å². The Balaban J connectivity index is 0.000000115. The van der Waals surface area contributed by atoms with Gasteiger partial charge in [-0.05, 0) is 222 Å². The Morgan fingerprint density at radius 3 is 1.05 bits per heavy atom. The van der Waals surface area contributed by atoms with Crippen LogP contribution in [0.2, 0.25) is 0 Å². The molecular weight excluding hydrogens is 2010 g/mol. The summed E-state index contributed by atoms with van der Waals surface area (Å²) < 4.78 is 11.6. The van der Waals surface area contributed by atoms with E-state index in [0.717, 1.165) is 114 Å². The van der Waals surface area contributed by atoms with Crippen molar-refractivity contribution in [1.29, 1.82) is 0 Å². The van der Waals surface area contributed by atoms with Gasteiger partial charge in [0.2, 0.25) is 0 Å². The Kier molecular flexibility index (Phi) is 28.2. The topological polar surface area (TPSA) is 106 Å². The van der Waals surface area contributed by atoms with E-state index in [0.29, 0.717) is 25.1 Å². The van der Waals surface area contributed by atoms with Crippen molar-refractivity contribution in [3.63, 3.8) is 0 Å². The van der Waals surface area contributed by atoms with E-state index in [2.05, 4.69) is 488 Å². The van der Waals surface area contributed by atoms with Crippen molar-refractivity contribution >= 4 is 131 Å². The van der Waals surface area contributed by atoms with Gasteiger partial charge in [-0.15, -0.1) is 49.9 Å². The second kappa shape index (κ2) is 43.0. The van der Waals surface area contributed by atoms with Crippen LogP contribution in [0.1, 0.15) is 44.4 Å². The number of pyridine rings is 2. The molecule has 0 aliphatic heterocycles. The first-order valence-corrected chi connectivity index (χ1v) is 53.5. The number of fused-ring (bicyclic) bond motifs is 15. The van der Waals surface area contributed by atoms with Crippen molar-refractivity contribution < 1.29 is 20.1 Å². The van der Waals surface area contributed by atoms with Crippen molar-refractivity contribution in [2.24, 2.45) is 11.8 Å². The van der Waals surface area contributed by atoms with Crippen molar-refractivity contribution in [1.82, 2.24) is 53.0 Å². The number of aromatic nitrogens is 11. The number of hydrogen-bond donors (Lipinski definition) is 0. The van der Waals surface area contributed by atoms with Gasteiger partial charge in [0.05, 0.1) is 79.0 Å². The zero-order valence-electron chi connectivity index (χ0n) is 82.7. The molecule has 1 radical (unpaired) electrons. The molecular formula is C132H105IrN12P2-. The average Bonchev–Trinajstić information content (AvgIpc) is 1.65. The van der Waals surface area contributed by atoms with Crippen LogP contribution < -0.4 is 0 Å². The molecule has 8 heterocycles. The first kappa shape index (κ1) is 96.3. The molecule has 0 bridgehead atoms. The summed E-state index contributed by atoms with van der Waals surface area (Å²) in [6.07, 6.45) is 7.16. The summed E-state index contributed by atoms with van der Waals surface area (Å²) in [5.41, 5.74) is 34.4. The molecule has 0 fully saturated rings. The van der Waals surface area contributed by atoms with Crippen molar-refractivity contribution in [3.05, 3.63) is 496 Å². The second-order valence-corrected chi connectivity index (χ2v) is 43.0. The standard InChI is InChI=1S/C40H26N4.C36H24N2.C30H31N4.C24H16N2.C2H8P2.Ir/c1-5-19-37-31(15-1)32-16-2-6-20-38(32)43(37)29-13-9-11-27(23-29)35-25-36(42-26-41-35)28-12-10-14-30(24-28)44-39-21-7-3-17-33(39)34-18-4-8-22-40(34)44;1-3-11-27(12-4-1)37-33-17-9-7-15-29(33)31-23-25(19-21-35(31)37)26-20-22-36-32(24-26)30-16-8-10-18-34(30)38(36)28-13-5-2-6-14-28;1-20(2)16-24-18-26(31-6)19-25(17-21(3)4)28(24)34-29(23-13-8-7-9-14-23)32-33-30(34)27-15-11-10-12-22(27)5;1-3-7-17(8-4-1)19-13-15-25-23-21(19)11-12-22-20(14-16-26-24(22)23)18-9-5-2-6-10-18;1-4(2)3;/h1-26H;1-24H;7-13,15,18-21H,16-17H2,1-5H3;1-16H;3H2,1-2H3;/q;;-1;;;. The Morgan fingerprint density at radius 1 is 0.306 bits per heavy atom. The molecule has 0 saturated heterocycles. The fraction of sp³-hybridized carbons (Fsp3) is 0.0833. The number of para-hydroxylation sites is 8. The summed E-state index contributed by atoms with van der Waals surface area (Å²) >= 11 is 0. The van der Waals surface area contributed by atoms with E-state index in [9.17, 15) is 0 Å². The first-order chi connectivity index (χ1) is 71.7.